The Balaban J connectivity index is 1.70. The molecule has 1 aliphatic heterocycles. The van der Waals surface area contributed by atoms with E-state index < -0.39 is 21.8 Å². The van der Waals surface area contributed by atoms with Crippen LogP contribution in [0.5, 0.6) is 0 Å². The number of carbonyl (C=O) groups is 1. The zero-order valence-electron chi connectivity index (χ0n) is 13.2. The van der Waals surface area contributed by atoms with Crippen molar-refractivity contribution in [2.24, 2.45) is 0 Å². The average Bonchev–Trinajstić information content (AvgIpc) is 2.77. The molecular weight excluding hydrogens is 372 g/mol. The second kappa shape index (κ2) is 6.77. The summed E-state index contributed by atoms with van der Waals surface area (Å²) in [5.41, 5.74) is 1.24. The summed E-state index contributed by atoms with van der Waals surface area (Å²) < 4.78 is 28.2. The summed E-state index contributed by atoms with van der Waals surface area (Å²) in [5.74, 6) is -0.347. The van der Waals surface area contributed by atoms with Gasteiger partial charge in [0.15, 0.2) is 0 Å². The first-order valence-corrected chi connectivity index (χ1v) is 9.83. The number of benzene rings is 2. The molecule has 2 N–H and O–H groups in total. The predicted octanol–water partition coefficient (Wildman–Crippen LogP) is 2.34. The van der Waals surface area contributed by atoms with Crippen LogP contribution in [0.25, 0.3) is 0 Å². The molecule has 0 aliphatic carbocycles. The van der Waals surface area contributed by atoms with Crippen LogP contribution >= 0.6 is 0 Å². The molecule has 0 spiro atoms. The largest absolute Gasteiger partial charge is 0.321 e. The number of hydrogen-bond donors (Lipinski definition) is 2. The van der Waals surface area contributed by atoms with Gasteiger partial charge in [0.1, 0.15) is 17.3 Å². The van der Waals surface area contributed by atoms with E-state index >= 15 is 0 Å². The first kappa shape index (κ1) is 16.6. The van der Waals surface area contributed by atoms with Crippen LogP contribution in [-0.4, -0.2) is 24.3 Å². The zero-order chi connectivity index (χ0) is 18.1. The van der Waals surface area contributed by atoms with E-state index in [1.54, 1.807) is 42.5 Å². The van der Waals surface area contributed by atoms with Crippen molar-refractivity contribution in [1.82, 2.24) is 9.97 Å². The number of hydrogen-bond acceptors (Lipinski definition) is 5. The summed E-state index contributed by atoms with van der Waals surface area (Å²) in [7, 11) is -3.10. The van der Waals surface area contributed by atoms with Gasteiger partial charge in [0.05, 0.1) is 54.8 Å². The van der Waals surface area contributed by atoms with Crippen LogP contribution in [0.3, 0.4) is 0 Å². The Morgan fingerprint density at radius 2 is 1.81 bits per heavy atom. The highest BCUT2D eigenvalue weighted by molar-refractivity contribution is 7.86. The number of fused-ring (bicyclic) bond motifs is 2. The maximum atomic E-state index is 12.9. The molecule has 0 saturated heterocycles. The first-order chi connectivity index (χ1) is 12.6. The van der Waals surface area contributed by atoms with Crippen LogP contribution in [0.2, 0.25) is 0 Å². The molecule has 9 heteroatoms. The third-order valence-electron chi connectivity index (χ3n) is 3.72. The van der Waals surface area contributed by atoms with Crippen LogP contribution in [0.15, 0.2) is 75.9 Å². The number of aromatic nitrogens is 2. The molecule has 1 aliphatic rings. The molecule has 2 unspecified atom stereocenters. The van der Waals surface area contributed by atoms with Gasteiger partial charge >= 0.3 is 0 Å². The van der Waals surface area contributed by atoms with Crippen LogP contribution in [0.1, 0.15) is 10.4 Å². The maximum absolute atomic E-state index is 12.9. The minimum atomic E-state index is -1.59. The van der Waals surface area contributed by atoms with E-state index in [1.165, 1.54) is 18.7 Å². The van der Waals surface area contributed by atoms with Gasteiger partial charge in [-0.2, -0.15) is 0 Å². The lowest BCUT2D eigenvalue weighted by Gasteiger charge is -2.10. The lowest BCUT2D eigenvalue weighted by atomic mass is 10.2. The van der Waals surface area contributed by atoms with Gasteiger partial charge < -0.3 is 5.32 Å². The molecule has 1 amide bonds. The number of anilines is 2. The molecule has 26 heavy (non-hydrogen) atoms. The van der Waals surface area contributed by atoms with E-state index in [1.807, 2.05) is 0 Å². The SMILES string of the molecule is O=C1Nc2cc(S(=O)Nc3cncnc3)ccc2S(=O)c2ccccc21. The molecule has 2 atom stereocenters. The fourth-order valence-corrected chi connectivity index (χ4v) is 4.68. The average molecular weight is 384 g/mol. The monoisotopic (exact) mass is 384 g/mol. The van der Waals surface area contributed by atoms with Gasteiger partial charge in [0.2, 0.25) is 0 Å². The molecule has 0 fully saturated rings. The van der Waals surface area contributed by atoms with Gasteiger partial charge in [-0.25, -0.2) is 18.4 Å². The number of carbonyl (C=O) groups excluding carboxylic acids is 1. The van der Waals surface area contributed by atoms with Crippen LogP contribution in [0, 0.1) is 0 Å². The third-order valence-corrected chi connectivity index (χ3v) is 6.33. The zero-order valence-corrected chi connectivity index (χ0v) is 14.8. The molecule has 0 radical (unpaired) electrons. The predicted molar refractivity (Wildman–Crippen MR) is 97.6 cm³/mol. The Morgan fingerprint density at radius 3 is 2.62 bits per heavy atom. The standard InChI is InChI=1S/C17H12N4O3S2/c22-17-13-3-1-2-4-15(13)25(23)16-6-5-12(7-14(16)20-17)26(24)21-11-8-18-10-19-9-11/h1-10,21H,(H,20,22). The highest BCUT2D eigenvalue weighted by atomic mass is 32.2. The van der Waals surface area contributed by atoms with Crippen molar-refractivity contribution in [3.8, 4) is 0 Å². The van der Waals surface area contributed by atoms with Crippen molar-refractivity contribution >= 4 is 39.1 Å². The van der Waals surface area contributed by atoms with E-state index in [0.29, 0.717) is 31.6 Å². The summed E-state index contributed by atoms with van der Waals surface area (Å²) in [5, 5.41) is 2.75. The quantitative estimate of drug-likeness (QED) is 0.722. The minimum Gasteiger partial charge on any atom is -0.321 e. The van der Waals surface area contributed by atoms with Crippen molar-refractivity contribution in [3.63, 3.8) is 0 Å². The van der Waals surface area contributed by atoms with Crippen LogP contribution in [0.4, 0.5) is 11.4 Å². The Labute approximate surface area is 153 Å². The van der Waals surface area contributed by atoms with Crippen molar-refractivity contribution in [3.05, 3.63) is 66.7 Å². The minimum absolute atomic E-state index is 0.347. The Bertz CT molecular complexity index is 1060. The number of rotatable bonds is 3. The lowest BCUT2D eigenvalue weighted by molar-refractivity contribution is 0.102. The third kappa shape index (κ3) is 3.02. The van der Waals surface area contributed by atoms with Gasteiger partial charge in [-0.15, -0.1) is 0 Å². The topological polar surface area (TPSA) is 101 Å². The molecular formula is C17H12N4O3S2. The number of nitrogens with zero attached hydrogens (tertiary/aromatic N) is 2. The van der Waals surface area contributed by atoms with E-state index in [4.69, 9.17) is 0 Å². The van der Waals surface area contributed by atoms with E-state index in [-0.39, 0.29) is 5.91 Å². The van der Waals surface area contributed by atoms with Crippen molar-refractivity contribution in [2.45, 2.75) is 14.7 Å². The van der Waals surface area contributed by atoms with Gasteiger partial charge in [-0.05, 0) is 30.3 Å². The summed E-state index contributed by atoms with van der Waals surface area (Å²) in [4.78, 5) is 21.5. The van der Waals surface area contributed by atoms with E-state index in [9.17, 15) is 13.2 Å². The molecule has 2 aromatic carbocycles. The van der Waals surface area contributed by atoms with Crippen molar-refractivity contribution < 1.29 is 13.2 Å². The molecule has 0 saturated carbocycles. The second-order valence-electron chi connectivity index (χ2n) is 5.37. The lowest BCUT2D eigenvalue weighted by Crippen LogP contribution is -2.12. The smallest absolute Gasteiger partial charge is 0.256 e. The van der Waals surface area contributed by atoms with Gasteiger partial charge in [-0.1, -0.05) is 12.1 Å². The highest BCUT2D eigenvalue weighted by Crippen LogP contribution is 2.32. The summed E-state index contributed by atoms with van der Waals surface area (Å²) in [6.45, 7) is 0. The summed E-state index contributed by atoms with van der Waals surface area (Å²) in [6.07, 6.45) is 4.38. The Kier molecular flexibility index (Phi) is 4.31. The van der Waals surface area contributed by atoms with Crippen molar-refractivity contribution in [1.29, 1.82) is 0 Å². The molecule has 4 rings (SSSR count). The van der Waals surface area contributed by atoms with Crippen LogP contribution in [-0.2, 0) is 21.8 Å². The fraction of sp³-hybridized carbons (Fsp3) is 0. The Hall–Kier alpha value is -2.91. The highest BCUT2D eigenvalue weighted by Gasteiger charge is 2.25. The maximum Gasteiger partial charge on any atom is 0.256 e. The molecule has 3 aromatic rings. The van der Waals surface area contributed by atoms with Crippen molar-refractivity contribution in [2.75, 3.05) is 10.0 Å². The number of amides is 1. The molecule has 0 bridgehead atoms. The van der Waals surface area contributed by atoms with Gasteiger partial charge in [-0.3, -0.25) is 9.52 Å². The molecule has 130 valence electrons. The normalized spacial score (nSPS) is 16.6. The van der Waals surface area contributed by atoms with Gasteiger partial charge in [0.25, 0.3) is 5.91 Å². The van der Waals surface area contributed by atoms with Gasteiger partial charge in [0, 0.05) is 0 Å². The second-order valence-corrected chi connectivity index (χ2v) is 8.01. The summed E-state index contributed by atoms with van der Waals surface area (Å²) >= 11 is 0. The fourth-order valence-electron chi connectivity index (χ4n) is 2.53. The summed E-state index contributed by atoms with van der Waals surface area (Å²) in [6, 6.07) is 11.5. The molecule has 2 heterocycles. The van der Waals surface area contributed by atoms with E-state index in [2.05, 4.69) is 20.0 Å². The van der Waals surface area contributed by atoms with Crippen LogP contribution < -0.4 is 10.0 Å². The Morgan fingerprint density at radius 1 is 1.04 bits per heavy atom. The first-order valence-electron chi connectivity index (χ1n) is 7.53. The van der Waals surface area contributed by atoms with E-state index in [0.717, 1.165) is 0 Å². The molecule has 7 nitrogen and oxygen atoms in total. The number of nitrogens with one attached hydrogen (secondary N) is 2. The molecule has 1 aromatic heterocycles.